The first-order valence-electron chi connectivity index (χ1n) is 6.62. The fourth-order valence-corrected chi connectivity index (χ4v) is 1.56. The maximum Gasteiger partial charge on any atom is 0.223 e. The van der Waals surface area contributed by atoms with Crippen molar-refractivity contribution in [2.24, 2.45) is 0 Å². The monoisotopic (exact) mass is 269 g/mol. The van der Waals surface area contributed by atoms with Crippen LogP contribution in [-0.2, 0) is 0 Å². The second kappa shape index (κ2) is 7.25. The Morgan fingerprint density at radius 1 is 1.15 bits per heavy atom. The number of benzene rings is 1. The Morgan fingerprint density at radius 2 is 1.95 bits per heavy atom. The van der Waals surface area contributed by atoms with Gasteiger partial charge in [-0.1, -0.05) is 19.3 Å². The summed E-state index contributed by atoms with van der Waals surface area (Å²) in [5.74, 6) is 6.22. The largest absolute Gasteiger partial charge is 0.354 e. The van der Waals surface area contributed by atoms with Gasteiger partial charge in [0, 0.05) is 18.3 Å². The van der Waals surface area contributed by atoms with Crippen molar-refractivity contribution >= 4 is 5.95 Å². The van der Waals surface area contributed by atoms with E-state index in [1.807, 2.05) is 0 Å². The summed E-state index contributed by atoms with van der Waals surface area (Å²) in [6.07, 6.45) is 3.88. The van der Waals surface area contributed by atoms with Gasteiger partial charge in [-0.05, 0) is 42.7 Å². The van der Waals surface area contributed by atoms with Gasteiger partial charge in [-0.2, -0.15) is 0 Å². The van der Waals surface area contributed by atoms with Gasteiger partial charge in [-0.25, -0.2) is 14.4 Å². The lowest BCUT2D eigenvalue weighted by atomic mass is 10.2. The van der Waals surface area contributed by atoms with Crippen LogP contribution in [-0.4, -0.2) is 16.5 Å². The first-order valence-corrected chi connectivity index (χ1v) is 6.62. The highest BCUT2D eigenvalue weighted by Crippen LogP contribution is 2.03. The molecule has 0 saturated carbocycles. The predicted octanol–water partition coefficient (Wildman–Crippen LogP) is 3.23. The highest BCUT2D eigenvalue weighted by Gasteiger charge is 1.96. The van der Waals surface area contributed by atoms with E-state index >= 15 is 0 Å². The molecule has 2 rings (SSSR count). The zero-order valence-corrected chi connectivity index (χ0v) is 11.4. The molecule has 0 atom stereocenters. The Labute approximate surface area is 118 Å². The van der Waals surface area contributed by atoms with Crippen LogP contribution in [0.3, 0.4) is 0 Å². The molecule has 1 aromatic carbocycles. The van der Waals surface area contributed by atoms with E-state index in [0.29, 0.717) is 11.6 Å². The SMILES string of the molecule is CCCCNc1nccc(C#Cc2ccc(F)cc2)n1. The highest BCUT2D eigenvalue weighted by molar-refractivity contribution is 5.41. The number of nitrogens with one attached hydrogen (secondary N) is 1. The standard InChI is InChI=1S/C16H16FN3/c1-2-3-11-18-16-19-12-10-15(20-16)9-6-13-4-7-14(17)8-5-13/h4-5,7-8,10,12H,2-3,11H2,1H3,(H,18,19,20). The van der Waals surface area contributed by atoms with Gasteiger partial charge in [0.25, 0.3) is 0 Å². The molecule has 0 fully saturated rings. The first-order chi connectivity index (χ1) is 9.78. The molecule has 0 aliphatic heterocycles. The average Bonchev–Trinajstić information content (AvgIpc) is 2.47. The summed E-state index contributed by atoms with van der Waals surface area (Å²) < 4.78 is 12.8. The molecule has 0 aliphatic rings. The maximum atomic E-state index is 12.8. The number of rotatable bonds is 4. The van der Waals surface area contributed by atoms with Crippen LogP contribution >= 0.6 is 0 Å². The molecule has 1 heterocycles. The van der Waals surface area contributed by atoms with Gasteiger partial charge in [-0.15, -0.1) is 0 Å². The number of hydrogen-bond acceptors (Lipinski definition) is 3. The molecule has 0 bridgehead atoms. The first kappa shape index (κ1) is 14.0. The summed E-state index contributed by atoms with van der Waals surface area (Å²) in [6.45, 7) is 2.98. The zero-order valence-electron chi connectivity index (χ0n) is 11.4. The van der Waals surface area contributed by atoms with Crippen LogP contribution < -0.4 is 5.32 Å². The van der Waals surface area contributed by atoms with Crippen LogP contribution in [0.1, 0.15) is 31.0 Å². The van der Waals surface area contributed by atoms with Gasteiger partial charge in [0.15, 0.2) is 0 Å². The summed E-state index contributed by atoms with van der Waals surface area (Å²) in [6, 6.07) is 7.82. The smallest absolute Gasteiger partial charge is 0.223 e. The number of hydrogen-bond donors (Lipinski definition) is 1. The van der Waals surface area contributed by atoms with Crippen LogP contribution in [0.15, 0.2) is 36.5 Å². The van der Waals surface area contributed by atoms with Gasteiger partial charge in [0.1, 0.15) is 11.5 Å². The molecule has 2 aromatic rings. The van der Waals surface area contributed by atoms with E-state index in [0.717, 1.165) is 24.9 Å². The van der Waals surface area contributed by atoms with Crippen LogP contribution in [0.5, 0.6) is 0 Å². The van der Waals surface area contributed by atoms with Crippen molar-refractivity contribution in [2.75, 3.05) is 11.9 Å². The maximum absolute atomic E-state index is 12.8. The Kier molecular flexibility index (Phi) is 5.08. The number of nitrogens with zero attached hydrogens (tertiary/aromatic N) is 2. The molecule has 1 aromatic heterocycles. The average molecular weight is 269 g/mol. The Morgan fingerprint density at radius 3 is 2.70 bits per heavy atom. The Balaban J connectivity index is 2.06. The minimum atomic E-state index is -0.264. The summed E-state index contributed by atoms with van der Waals surface area (Å²) in [5.41, 5.74) is 1.40. The second-order valence-corrected chi connectivity index (χ2v) is 4.30. The van der Waals surface area contributed by atoms with Gasteiger partial charge in [0.2, 0.25) is 5.95 Å². The van der Waals surface area contributed by atoms with Gasteiger partial charge in [-0.3, -0.25) is 0 Å². The van der Waals surface area contributed by atoms with Crippen molar-refractivity contribution < 1.29 is 4.39 Å². The van der Waals surface area contributed by atoms with Gasteiger partial charge in [0.05, 0.1) is 0 Å². The summed E-state index contributed by atoms with van der Waals surface area (Å²) in [7, 11) is 0. The van der Waals surface area contributed by atoms with E-state index in [9.17, 15) is 4.39 Å². The van der Waals surface area contributed by atoms with Crippen LogP contribution in [0.25, 0.3) is 0 Å². The molecular formula is C16H16FN3. The van der Waals surface area contributed by atoms with E-state index in [-0.39, 0.29) is 5.82 Å². The molecule has 0 spiro atoms. The van der Waals surface area contributed by atoms with Crippen molar-refractivity contribution in [3.05, 3.63) is 53.6 Å². The molecular weight excluding hydrogens is 253 g/mol. The number of unbranched alkanes of at least 4 members (excludes halogenated alkanes) is 1. The van der Waals surface area contributed by atoms with Crippen LogP contribution in [0.4, 0.5) is 10.3 Å². The lowest BCUT2D eigenvalue weighted by Crippen LogP contribution is -2.05. The van der Waals surface area contributed by atoms with Gasteiger partial charge >= 0.3 is 0 Å². The summed E-state index contributed by atoms with van der Waals surface area (Å²) in [5, 5.41) is 3.15. The molecule has 102 valence electrons. The quantitative estimate of drug-likeness (QED) is 0.684. The van der Waals surface area contributed by atoms with Crippen molar-refractivity contribution in [1.29, 1.82) is 0 Å². The molecule has 3 nitrogen and oxygen atoms in total. The van der Waals surface area contributed by atoms with Crippen molar-refractivity contribution in [2.45, 2.75) is 19.8 Å². The minimum Gasteiger partial charge on any atom is -0.354 e. The fourth-order valence-electron chi connectivity index (χ4n) is 1.56. The fraction of sp³-hybridized carbons (Fsp3) is 0.250. The normalized spacial score (nSPS) is 9.70. The topological polar surface area (TPSA) is 37.8 Å². The van der Waals surface area contributed by atoms with E-state index in [1.165, 1.54) is 12.1 Å². The molecule has 0 radical (unpaired) electrons. The lowest BCUT2D eigenvalue weighted by Gasteiger charge is -2.02. The number of anilines is 1. The Hall–Kier alpha value is -2.41. The summed E-state index contributed by atoms with van der Waals surface area (Å²) >= 11 is 0. The molecule has 0 saturated heterocycles. The van der Waals surface area contributed by atoms with E-state index in [4.69, 9.17) is 0 Å². The van der Waals surface area contributed by atoms with E-state index in [1.54, 1.807) is 24.4 Å². The Bertz CT molecular complexity index is 612. The highest BCUT2D eigenvalue weighted by atomic mass is 19.1. The van der Waals surface area contributed by atoms with E-state index < -0.39 is 0 Å². The number of halogens is 1. The lowest BCUT2D eigenvalue weighted by molar-refractivity contribution is 0.627. The molecule has 0 unspecified atom stereocenters. The minimum absolute atomic E-state index is 0.264. The van der Waals surface area contributed by atoms with Crippen LogP contribution in [0.2, 0.25) is 0 Å². The van der Waals surface area contributed by atoms with Gasteiger partial charge < -0.3 is 5.32 Å². The molecule has 0 amide bonds. The third-order valence-corrected chi connectivity index (χ3v) is 2.65. The van der Waals surface area contributed by atoms with Crippen LogP contribution in [0, 0.1) is 17.7 Å². The third kappa shape index (κ3) is 4.36. The van der Waals surface area contributed by atoms with Crippen molar-refractivity contribution in [1.82, 2.24) is 9.97 Å². The predicted molar refractivity (Wildman–Crippen MR) is 77.8 cm³/mol. The number of aromatic nitrogens is 2. The van der Waals surface area contributed by atoms with Crippen molar-refractivity contribution in [3.63, 3.8) is 0 Å². The van der Waals surface area contributed by atoms with E-state index in [2.05, 4.69) is 34.0 Å². The third-order valence-electron chi connectivity index (χ3n) is 2.65. The molecule has 1 N–H and O–H groups in total. The summed E-state index contributed by atoms with van der Waals surface area (Å²) in [4.78, 5) is 8.45. The molecule has 20 heavy (non-hydrogen) atoms. The van der Waals surface area contributed by atoms with Crippen molar-refractivity contribution in [3.8, 4) is 11.8 Å². The second-order valence-electron chi connectivity index (χ2n) is 4.30. The zero-order chi connectivity index (χ0) is 14.2. The molecule has 4 heteroatoms. The molecule has 0 aliphatic carbocycles.